The smallest absolute Gasteiger partial charge is 0.342 e. The summed E-state index contributed by atoms with van der Waals surface area (Å²) >= 11 is 0. The molecule has 1 heterocycles. The highest BCUT2D eigenvalue weighted by molar-refractivity contribution is 5.87. The Morgan fingerprint density at radius 2 is 1.74 bits per heavy atom. The maximum Gasteiger partial charge on any atom is 0.416 e. The van der Waals surface area contributed by atoms with Gasteiger partial charge in [0.2, 0.25) is 5.91 Å². The van der Waals surface area contributed by atoms with Gasteiger partial charge in [-0.3, -0.25) is 4.79 Å². The third kappa shape index (κ3) is 3.86. The van der Waals surface area contributed by atoms with Crippen LogP contribution in [-0.4, -0.2) is 37.0 Å². The maximum absolute atomic E-state index is 12.9. The molecule has 1 fully saturated rings. The topological polar surface area (TPSA) is 32.3 Å². The Bertz CT molecular complexity index is 561. The Morgan fingerprint density at radius 3 is 2.26 bits per heavy atom. The molecule has 2 rings (SSSR count). The van der Waals surface area contributed by atoms with E-state index in [-0.39, 0.29) is 5.91 Å². The number of benzene rings is 1. The standard InChI is InChI=1S/C17H23F3N2O/c1-16(2,12-5-4-6-13(11-12)17(18,19)20)15(23)22-9-7-14(21-3)8-10-22/h4-6,11,14,21H,7-10H2,1-3H3. The number of hydrogen-bond acceptors (Lipinski definition) is 2. The zero-order valence-electron chi connectivity index (χ0n) is 13.7. The van der Waals surface area contributed by atoms with Crippen molar-refractivity contribution in [3.05, 3.63) is 35.4 Å². The number of rotatable bonds is 3. The molecule has 0 radical (unpaired) electrons. The molecule has 1 aliphatic heterocycles. The normalized spacial score (nSPS) is 17.4. The second-order valence-electron chi connectivity index (χ2n) is 6.56. The first-order chi connectivity index (χ1) is 10.7. The van der Waals surface area contributed by atoms with Crippen molar-refractivity contribution in [1.82, 2.24) is 10.2 Å². The molecule has 1 amide bonds. The number of nitrogens with zero attached hydrogens (tertiary/aromatic N) is 1. The summed E-state index contributed by atoms with van der Waals surface area (Å²) in [6, 6.07) is 5.46. The van der Waals surface area contributed by atoms with E-state index in [1.807, 2.05) is 7.05 Å². The summed E-state index contributed by atoms with van der Waals surface area (Å²) in [5.74, 6) is -0.119. The van der Waals surface area contributed by atoms with Crippen molar-refractivity contribution in [2.45, 2.75) is 44.3 Å². The molecule has 0 aromatic heterocycles. The van der Waals surface area contributed by atoms with Crippen molar-refractivity contribution < 1.29 is 18.0 Å². The molecule has 0 spiro atoms. The number of carbonyl (C=O) groups excluding carboxylic acids is 1. The highest BCUT2D eigenvalue weighted by Crippen LogP contribution is 2.34. The van der Waals surface area contributed by atoms with Crippen LogP contribution in [0, 0.1) is 0 Å². The van der Waals surface area contributed by atoms with Crippen LogP contribution in [-0.2, 0) is 16.4 Å². The fourth-order valence-electron chi connectivity index (χ4n) is 2.97. The van der Waals surface area contributed by atoms with Gasteiger partial charge in [-0.15, -0.1) is 0 Å². The summed E-state index contributed by atoms with van der Waals surface area (Å²) in [6.07, 6.45) is -2.68. The Labute approximate surface area is 134 Å². The van der Waals surface area contributed by atoms with Crippen molar-refractivity contribution in [2.75, 3.05) is 20.1 Å². The number of amides is 1. The van der Waals surface area contributed by atoms with Crippen LogP contribution in [0.25, 0.3) is 0 Å². The number of alkyl halides is 3. The minimum atomic E-state index is -4.40. The molecule has 1 N–H and O–H groups in total. The number of hydrogen-bond donors (Lipinski definition) is 1. The van der Waals surface area contributed by atoms with Gasteiger partial charge in [-0.05, 0) is 45.4 Å². The molecule has 0 aliphatic carbocycles. The lowest BCUT2D eigenvalue weighted by Gasteiger charge is -2.37. The van der Waals surface area contributed by atoms with Gasteiger partial charge < -0.3 is 10.2 Å². The third-order valence-corrected chi connectivity index (χ3v) is 4.64. The molecule has 128 valence electrons. The van der Waals surface area contributed by atoms with Crippen LogP contribution in [0.4, 0.5) is 13.2 Å². The number of nitrogens with one attached hydrogen (secondary N) is 1. The zero-order valence-corrected chi connectivity index (χ0v) is 13.7. The van der Waals surface area contributed by atoms with Crippen LogP contribution in [0.15, 0.2) is 24.3 Å². The SMILES string of the molecule is CNC1CCN(C(=O)C(C)(C)c2cccc(C(F)(F)F)c2)CC1. The van der Waals surface area contributed by atoms with Crippen molar-refractivity contribution in [3.63, 3.8) is 0 Å². The first-order valence-corrected chi connectivity index (χ1v) is 7.80. The molecule has 6 heteroatoms. The molecule has 0 saturated carbocycles. The third-order valence-electron chi connectivity index (χ3n) is 4.64. The summed E-state index contributed by atoms with van der Waals surface area (Å²) in [4.78, 5) is 14.6. The monoisotopic (exact) mass is 328 g/mol. The number of halogens is 3. The van der Waals surface area contributed by atoms with Crippen molar-refractivity contribution in [1.29, 1.82) is 0 Å². The van der Waals surface area contributed by atoms with Crippen molar-refractivity contribution >= 4 is 5.91 Å². The first-order valence-electron chi connectivity index (χ1n) is 7.80. The highest BCUT2D eigenvalue weighted by Gasteiger charge is 2.37. The molecule has 1 aliphatic rings. The fourth-order valence-corrected chi connectivity index (χ4v) is 2.97. The minimum absolute atomic E-state index is 0.119. The van der Waals surface area contributed by atoms with E-state index < -0.39 is 17.2 Å². The van der Waals surface area contributed by atoms with Gasteiger partial charge in [-0.1, -0.05) is 18.2 Å². The Balaban J connectivity index is 2.19. The predicted octanol–water partition coefficient (Wildman–Crippen LogP) is 3.19. The van der Waals surface area contributed by atoms with E-state index >= 15 is 0 Å². The lowest BCUT2D eigenvalue weighted by Crippen LogP contribution is -2.49. The van der Waals surface area contributed by atoms with Gasteiger partial charge in [-0.2, -0.15) is 13.2 Å². The van der Waals surface area contributed by atoms with E-state index in [2.05, 4.69) is 5.32 Å². The average molecular weight is 328 g/mol. The molecule has 0 atom stereocenters. The summed E-state index contributed by atoms with van der Waals surface area (Å²) in [7, 11) is 1.90. The Hall–Kier alpha value is -1.56. The van der Waals surface area contributed by atoms with Gasteiger partial charge in [0, 0.05) is 19.1 Å². The maximum atomic E-state index is 12.9. The second-order valence-corrected chi connectivity index (χ2v) is 6.56. The quantitative estimate of drug-likeness (QED) is 0.924. The molecule has 23 heavy (non-hydrogen) atoms. The van der Waals surface area contributed by atoms with Gasteiger partial charge in [0.15, 0.2) is 0 Å². The first kappa shape index (κ1) is 17.8. The van der Waals surface area contributed by atoms with E-state index in [4.69, 9.17) is 0 Å². The largest absolute Gasteiger partial charge is 0.416 e. The summed E-state index contributed by atoms with van der Waals surface area (Å²) in [6.45, 7) is 4.64. The summed E-state index contributed by atoms with van der Waals surface area (Å²) in [5, 5.41) is 3.19. The van der Waals surface area contributed by atoms with E-state index in [1.165, 1.54) is 6.07 Å². The van der Waals surface area contributed by atoms with Gasteiger partial charge in [0.05, 0.1) is 11.0 Å². The molecule has 1 aromatic carbocycles. The van der Waals surface area contributed by atoms with E-state index in [0.29, 0.717) is 24.7 Å². The van der Waals surface area contributed by atoms with Crippen LogP contribution < -0.4 is 5.32 Å². The Kier molecular flexibility index (Phi) is 5.04. The van der Waals surface area contributed by atoms with Crippen molar-refractivity contribution in [3.8, 4) is 0 Å². The number of piperidine rings is 1. The molecular weight excluding hydrogens is 305 g/mol. The lowest BCUT2D eigenvalue weighted by atomic mass is 9.82. The lowest BCUT2D eigenvalue weighted by molar-refractivity contribution is -0.139. The minimum Gasteiger partial charge on any atom is -0.342 e. The Morgan fingerprint density at radius 1 is 1.17 bits per heavy atom. The number of carbonyl (C=O) groups is 1. The van der Waals surface area contributed by atoms with Crippen LogP contribution >= 0.6 is 0 Å². The van der Waals surface area contributed by atoms with Crippen LogP contribution in [0.3, 0.4) is 0 Å². The van der Waals surface area contributed by atoms with E-state index in [9.17, 15) is 18.0 Å². The summed E-state index contributed by atoms with van der Waals surface area (Å²) in [5.41, 5.74) is -1.30. The molecule has 1 aromatic rings. The van der Waals surface area contributed by atoms with E-state index in [0.717, 1.165) is 25.0 Å². The number of likely N-dealkylation sites (tertiary alicyclic amines) is 1. The zero-order chi connectivity index (χ0) is 17.3. The van der Waals surface area contributed by atoms with Gasteiger partial charge in [0.25, 0.3) is 0 Å². The predicted molar refractivity (Wildman–Crippen MR) is 83.1 cm³/mol. The second kappa shape index (κ2) is 6.51. The van der Waals surface area contributed by atoms with Crippen LogP contribution in [0.2, 0.25) is 0 Å². The molecule has 0 unspecified atom stereocenters. The van der Waals surface area contributed by atoms with Crippen LogP contribution in [0.1, 0.15) is 37.8 Å². The van der Waals surface area contributed by atoms with E-state index in [1.54, 1.807) is 24.8 Å². The van der Waals surface area contributed by atoms with Crippen LogP contribution in [0.5, 0.6) is 0 Å². The fraction of sp³-hybridized carbons (Fsp3) is 0.588. The molecule has 3 nitrogen and oxygen atoms in total. The highest BCUT2D eigenvalue weighted by atomic mass is 19.4. The average Bonchev–Trinajstić information content (AvgIpc) is 2.53. The van der Waals surface area contributed by atoms with Gasteiger partial charge >= 0.3 is 6.18 Å². The molecule has 1 saturated heterocycles. The summed E-state index contributed by atoms with van der Waals surface area (Å²) < 4.78 is 38.7. The molecular formula is C17H23F3N2O. The van der Waals surface area contributed by atoms with Gasteiger partial charge in [0.1, 0.15) is 0 Å². The van der Waals surface area contributed by atoms with Gasteiger partial charge in [-0.25, -0.2) is 0 Å². The van der Waals surface area contributed by atoms with Crippen molar-refractivity contribution in [2.24, 2.45) is 0 Å². The molecule has 0 bridgehead atoms.